The van der Waals surface area contributed by atoms with Crippen molar-refractivity contribution in [2.75, 3.05) is 31.1 Å². The van der Waals surface area contributed by atoms with Crippen LogP contribution in [0.15, 0.2) is 58.4 Å². The van der Waals surface area contributed by atoms with Crippen LogP contribution in [-0.4, -0.2) is 54.7 Å². The fourth-order valence-corrected chi connectivity index (χ4v) is 5.75. The highest BCUT2D eigenvalue weighted by Crippen LogP contribution is 2.39. The van der Waals surface area contributed by atoms with Crippen LogP contribution in [-0.2, 0) is 10.0 Å². The quantitative estimate of drug-likeness (QED) is 0.551. The van der Waals surface area contributed by atoms with Gasteiger partial charge >= 0.3 is 6.16 Å². The Kier molecular flexibility index (Phi) is 5.53. The predicted octanol–water partition coefficient (Wildman–Crippen LogP) is 3.04. The van der Waals surface area contributed by atoms with Crippen LogP contribution in [0.1, 0.15) is 18.9 Å². The van der Waals surface area contributed by atoms with Gasteiger partial charge in [-0.05, 0) is 37.1 Å². The Bertz CT molecular complexity index is 1430. The fourth-order valence-electron chi connectivity index (χ4n) is 4.31. The molecule has 34 heavy (non-hydrogen) atoms. The van der Waals surface area contributed by atoms with Gasteiger partial charge in [-0.2, -0.15) is 4.31 Å². The van der Waals surface area contributed by atoms with Crippen LogP contribution in [0.25, 0.3) is 10.9 Å². The average molecular weight is 488 g/mol. The molecule has 1 N–H and O–H groups in total. The first-order chi connectivity index (χ1) is 16.3. The Morgan fingerprint density at radius 1 is 1.06 bits per heavy atom. The summed E-state index contributed by atoms with van der Waals surface area (Å²) in [7, 11) is -3.64. The van der Waals surface area contributed by atoms with Crippen molar-refractivity contribution in [3.8, 4) is 5.75 Å². The number of pyridine rings is 1. The maximum Gasteiger partial charge on any atom is 0.511 e. The molecule has 2 heterocycles. The summed E-state index contributed by atoms with van der Waals surface area (Å²) in [5.74, 6) is -1.00. The van der Waals surface area contributed by atoms with Gasteiger partial charge in [-0.15, -0.1) is 0 Å². The minimum absolute atomic E-state index is 0.0391. The third-order valence-electron chi connectivity index (χ3n) is 6.17. The fraction of sp³-hybridized carbons (Fsp3) is 0.304. The van der Waals surface area contributed by atoms with Gasteiger partial charge in [-0.3, -0.25) is 4.79 Å². The summed E-state index contributed by atoms with van der Waals surface area (Å²) in [6, 6.07) is 10.9. The van der Waals surface area contributed by atoms with E-state index in [2.05, 4.69) is 4.74 Å². The summed E-state index contributed by atoms with van der Waals surface area (Å²) in [6.07, 6.45) is 1.46. The topological polar surface area (TPSA) is 109 Å². The normalized spacial score (nSPS) is 17.1. The molecule has 11 heteroatoms. The van der Waals surface area contributed by atoms with E-state index in [4.69, 9.17) is 5.11 Å². The lowest BCUT2D eigenvalue weighted by Crippen LogP contribution is -2.48. The van der Waals surface area contributed by atoms with Crippen LogP contribution >= 0.6 is 0 Å². The van der Waals surface area contributed by atoms with Crippen molar-refractivity contribution < 1.29 is 27.4 Å². The molecule has 1 saturated carbocycles. The molecule has 0 radical (unpaired) electrons. The van der Waals surface area contributed by atoms with Gasteiger partial charge < -0.3 is 19.3 Å². The minimum atomic E-state index is -3.64. The second kappa shape index (κ2) is 8.41. The molecule has 9 nitrogen and oxygen atoms in total. The lowest BCUT2D eigenvalue weighted by molar-refractivity contribution is 0.143. The smallest absolute Gasteiger partial charge is 0.449 e. The first-order valence-corrected chi connectivity index (χ1v) is 12.3. The van der Waals surface area contributed by atoms with Crippen LogP contribution in [0, 0.1) is 5.82 Å². The van der Waals surface area contributed by atoms with Gasteiger partial charge in [0.2, 0.25) is 15.5 Å². The standard InChI is InChI=1S/C23H22FN3O6S/c24-18-12-17-19(27(15-6-7-15)14-21(22(17)28)33-23(29)30)13-20(18)25-8-10-26(11-9-25)34(31,32)16-4-2-1-3-5-16/h1-5,12-15H,6-11H2,(H,29,30). The van der Waals surface area contributed by atoms with Crippen molar-refractivity contribution in [3.63, 3.8) is 0 Å². The number of hydrogen-bond acceptors (Lipinski definition) is 6. The summed E-state index contributed by atoms with van der Waals surface area (Å²) in [5.41, 5.74) is 0.0597. The molecular formula is C23H22FN3O6S. The average Bonchev–Trinajstić information content (AvgIpc) is 3.67. The number of benzene rings is 2. The van der Waals surface area contributed by atoms with Gasteiger partial charge in [0.1, 0.15) is 5.82 Å². The van der Waals surface area contributed by atoms with Gasteiger partial charge in [0.05, 0.1) is 27.7 Å². The Hall–Kier alpha value is -3.44. The number of halogens is 1. The number of aromatic nitrogens is 1. The summed E-state index contributed by atoms with van der Waals surface area (Å²) in [4.78, 5) is 25.7. The van der Waals surface area contributed by atoms with Crippen LogP contribution in [0.5, 0.6) is 5.75 Å². The van der Waals surface area contributed by atoms with E-state index >= 15 is 4.39 Å². The summed E-state index contributed by atoms with van der Waals surface area (Å²) >= 11 is 0. The highest BCUT2D eigenvalue weighted by molar-refractivity contribution is 7.89. The zero-order valence-corrected chi connectivity index (χ0v) is 18.9. The Morgan fingerprint density at radius 3 is 2.35 bits per heavy atom. The van der Waals surface area contributed by atoms with E-state index in [0.717, 1.165) is 18.9 Å². The number of anilines is 1. The second-order valence-electron chi connectivity index (χ2n) is 8.35. The summed E-state index contributed by atoms with van der Waals surface area (Å²) in [6.45, 7) is 0.940. The van der Waals surface area contributed by atoms with Gasteiger partial charge in [-0.1, -0.05) is 18.2 Å². The number of rotatable bonds is 5. The maximum absolute atomic E-state index is 15.1. The minimum Gasteiger partial charge on any atom is -0.449 e. The molecule has 0 bridgehead atoms. The van der Waals surface area contributed by atoms with Crippen LogP contribution in [0.2, 0.25) is 0 Å². The zero-order chi connectivity index (χ0) is 24.0. The summed E-state index contributed by atoms with van der Waals surface area (Å²) in [5, 5.41) is 8.97. The molecule has 0 atom stereocenters. The number of carboxylic acid groups (broad SMARTS) is 1. The first kappa shape index (κ1) is 22.4. The molecule has 178 valence electrons. The molecule has 2 aliphatic rings. The number of piperazine rings is 1. The van der Waals surface area contributed by atoms with E-state index in [1.807, 2.05) is 0 Å². The van der Waals surface area contributed by atoms with Gasteiger partial charge in [-0.25, -0.2) is 17.6 Å². The van der Waals surface area contributed by atoms with Crippen molar-refractivity contribution in [1.29, 1.82) is 0 Å². The molecular weight excluding hydrogens is 465 g/mol. The molecule has 0 spiro atoms. The molecule has 0 amide bonds. The number of hydrogen-bond donors (Lipinski definition) is 1. The van der Waals surface area contributed by atoms with E-state index in [9.17, 15) is 18.0 Å². The highest BCUT2D eigenvalue weighted by Gasteiger charge is 2.31. The number of fused-ring (bicyclic) bond motifs is 1. The molecule has 3 aromatic rings. The summed E-state index contributed by atoms with van der Waals surface area (Å²) < 4.78 is 48.7. The Morgan fingerprint density at radius 2 is 1.74 bits per heavy atom. The second-order valence-corrected chi connectivity index (χ2v) is 10.3. The number of carbonyl (C=O) groups is 1. The van der Waals surface area contributed by atoms with Crippen molar-refractivity contribution in [2.24, 2.45) is 0 Å². The molecule has 1 aliphatic carbocycles. The number of nitrogens with zero attached hydrogens (tertiary/aromatic N) is 3. The van der Waals surface area contributed by atoms with E-state index < -0.39 is 27.4 Å². The van der Waals surface area contributed by atoms with E-state index in [1.54, 1.807) is 45.9 Å². The lowest BCUT2D eigenvalue weighted by atomic mass is 10.1. The third-order valence-corrected chi connectivity index (χ3v) is 8.08. The molecule has 2 aromatic carbocycles. The van der Waals surface area contributed by atoms with Crippen LogP contribution in [0.4, 0.5) is 14.9 Å². The molecule has 1 aromatic heterocycles. The molecule has 1 aliphatic heterocycles. The van der Waals surface area contributed by atoms with Crippen molar-refractivity contribution in [1.82, 2.24) is 8.87 Å². The lowest BCUT2D eigenvalue weighted by Gasteiger charge is -2.35. The zero-order valence-electron chi connectivity index (χ0n) is 18.1. The van der Waals surface area contributed by atoms with E-state index in [0.29, 0.717) is 5.52 Å². The third kappa shape index (κ3) is 4.01. The molecule has 2 fully saturated rings. The van der Waals surface area contributed by atoms with Crippen molar-refractivity contribution >= 4 is 32.8 Å². The maximum atomic E-state index is 15.1. The van der Waals surface area contributed by atoms with E-state index in [-0.39, 0.29) is 53.9 Å². The van der Waals surface area contributed by atoms with Crippen LogP contribution < -0.4 is 15.1 Å². The molecule has 5 rings (SSSR count). The van der Waals surface area contributed by atoms with Crippen molar-refractivity contribution in [3.05, 3.63) is 64.7 Å². The largest absolute Gasteiger partial charge is 0.511 e. The Balaban J connectivity index is 1.46. The van der Waals surface area contributed by atoms with E-state index in [1.165, 1.54) is 10.5 Å². The SMILES string of the molecule is O=C(O)Oc1cn(C2CC2)c2cc(N3CCN(S(=O)(=O)c4ccccc4)CC3)c(F)cc2c1=O. The van der Waals surface area contributed by atoms with Crippen LogP contribution in [0.3, 0.4) is 0 Å². The van der Waals surface area contributed by atoms with Gasteiger partial charge in [0.25, 0.3) is 0 Å². The van der Waals surface area contributed by atoms with Gasteiger partial charge in [0.15, 0.2) is 5.75 Å². The number of sulfonamides is 1. The van der Waals surface area contributed by atoms with Crippen molar-refractivity contribution in [2.45, 2.75) is 23.8 Å². The molecule has 0 unspecified atom stereocenters. The number of ether oxygens (including phenoxy) is 1. The van der Waals surface area contributed by atoms with Gasteiger partial charge in [0, 0.05) is 32.2 Å². The predicted molar refractivity (Wildman–Crippen MR) is 123 cm³/mol. The Labute approximate surface area is 194 Å². The molecule has 1 saturated heterocycles. The first-order valence-electron chi connectivity index (χ1n) is 10.8. The monoisotopic (exact) mass is 487 g/mol. The highest BCUT2D eigenvalue weighted by atomic mass is 32.2.